The molecule has 164 valence electrons. The van der Waals surface area contributed by atoms with Gasteiger partial charge in [-0.15, -0.1) is 0 Å². The molecule has 1 unspecified atom stereocenters. The number of aromatic hydroxyl groups is 1. The third-order valence-electron chi connectivity index (χ3n) is 5.34. The number of aryl methyl sites for hydroxylation is 1. The molecule has 0 bridgehead atoms. The van der Waals surface area contributed by atoms with Crippen molar-refractivity contribution in [1.29, 1.82) is 0 Å². The zero-order valence-corrected chi connectivity index (χ0v) is 18.4. The lowest BCUT2D eigenvalue weighted by Gasteiger charge is -2.28. The van der Waals surface area contributed by atoms with Gasteiger partial charge in [0.2, 0.25) is 10.0 Å². The first-order chi connectivity index (χ1) is 14.8. The largest absolute Gasteiger partial charge is 0.507 e. The van der Waals surface area contributed by atoms with Crippen LogP contribution in [-0.2, 0) is 14.8 Å². The van der Waals surface area contributed by atoms with Gasteiger partial charge in [0.1, 0.15) is 5.75 Å². The van der Waals surface area contributed by atoms with Gasteiger partial charge in [-0.05, 0) is 43.2 Å². The Morgan fingerprint density at radius 3 is 2.77 bits per heavy atom. The number of benzene rings is 1. The van der Waals surface area contributed by atoms with E-state index in [0.29, 0.717) is 48.1 Å². The lowest BCUT2D eigenvalue weighted by Crippen LogP contribution is -2.41. The molecule has 1 N–H and O–H groups in total. The number of nitrogens with zero attached hydrogens (tertiary/aromatic N) is 3. The van der Waals surface area contributed by atoms with Crippen LogP contribution in [0.25, 0.3) is 11.3 Å². The molecule has 2 aromatic rings. The predicted octanol–water partition coefficient (Wildman–Crippen LogP) is 2.98. The SMILES string of the molecule is Cc1cn(C(=O)C2C=CC=C(S(=O)(=O)N3CCOCC3)C2)nc1-c1cc(Cl)ccc1O. The molecule has 8 nitrogen and oxygen atoms in total. The number of phenols is 1. The van der Waals surface area contributed by atoms with Crippen LogP contribution in [0.3, 0.4) is 0 Å². The minimum atomic E-state index is -3.66. The van der Waals surface area contributed by atoms with E-state index in [0.717, 1.165) is 0 Å². The average molecular weight is 464 g/mol. The minimum Gasteiger partial charge on any atom is -0.507 e. The maximum absolute atomic E-state index is 13.1. The molecule has 1 atom stereocenters. The molecule has 1 aromatic carbocycles. The number of phenolic OH excluding ortho intramolecular Hbond substituents is 1. The number of hydrogen-bond acceptors (Lipinski definition) is 6. The van der Waals surface area contributed by atoms with Crippen molar-refractivity contribution in [3.05, 3.63) is 58.1 Å². The Kier molecular flexibility index (Phi) is 6.02. The Bertz CT molecular complexity index is 1180. The van der Waals surface area contributed by atoms with Crippen molar-refractivity contribution in [3.63, 3.8) is 0 Å². The molecule has 1 aliphatic carbocycles. The van der Waals surface area contributed by atoms with Crippen molar-refractivity contribution in [2.75, 3.05) is 26.3 Å². The molecule has 4 rings (SSSR count). The first-order valence-electron chi connectivity index (χ1n) is 9.82. The molecule has 1 aromatic heterocycles. The van der Waals surface area contributed by atoms with Gasteiger partial charge in [-0.2, -0.15) is 9.40 Å². The van der Waals surface area contributed by atoms with Gasteiger partial charge in [-0.3, -0.25) is 4.79 Å². The Morgan fingerprint density at radius 1 is 1.29 bits per heavy atom. The van der Waals surface area contributed by atoms with Gasteiger partial charge in [0.05, 0.1) is 29.7 Å². The Balaban J connectivity index is 1.56. The summed E-state index contributed by atoms with van der Waals surface area (Å²) in [6.07, 6.45) is 6.44. The summed E-state index contributed by atoms with van der Waals surface area (Å²) in [5.41, 5.74) is 1.54. The summed E-state index contributed by atoms with van der Waals surface area (Å²) in [7, 11) is -3.66. The highest BCUT2D eigenvalue weighted by Gasteiger charge is 2.33. The van der Waals surface area contributed by atoms with Gasteiger partial charge in [-0.25, -0.2) is 13.1 Å². The number of ether oxygens (including phenoxy) is 1. The average Bonchev–Trinajstić information content (AvgIpc) is 3.17. The highest BCUT2D eigenvalue weighted by atomic mass is 35.5. The summed E-state index contributed by atoms with van der Waals surface area (Å²) in [6.45, 7) is 3.09. The Labute approximate surface area is 185 Å². The number of aromatic nitrogens is 2. The zero-order chi connectivity index (χ0) is 22.2. The molecule has 0 radical (unpaired) electrons. The van der Waals surface area contributed by atoms with Gasteiger partial charge < -0.3 is 9.84 Å². The van der Waals surface area contributed by atoms with Crippen molar-refractivity contribution in [1.82, 2.24) is 14.1 Å². The van der Waals surface area contributed by atoms with Crippen LogP contribution in [0.1, 0.15) is 16.8 Å². The van der Waals surface area contributed by atoms with Crippen LogP contribution in [0.4, 0.5) is 0 Å². The highest BCUT2D eigenvalue weighted by molar-refractivity contribution is 7.93. The van der Waals surface area contributed by atoms with Crippen molar-refractivity contribution in [3.8, 4) is 17.0 Å². The number of allylic oxidation sites excluding steroid dienone is 4. The predicted molar refractivity (Wildman–Crippen MR) is 116 cm³/mol. The standard InChI is InChI=1S/C21H22ClN3O5S/c1-14-13-25(23-20(14)18-12-16(22)5-6-19(18)26)21(27)15-3-2-4-17(11-15)31(28,29)24-7-9-30-10-8-24/h2-6,12-13,15,26H,7-11H2,1H3. The van der Waals surface area contributed by atoms with Crippen LogP contribution in [-0.4, -0.2) is 59.8 Å². The fourth-order valence-corrected chi connectivity index (χ4v) is 5.44. The van der Waals surface area contributed by atoms with Gasteiger partial charge in [0, 0.05) is 29.9 Å². The van der Waals surface area contributed by atoms with Crippen LogP contribution < -0.4 is 0 Å². The third kappa shape index (κ3) is 4.31. The van der Waals surface area contributed by atoms with E-state index in [4.69, 9.17) is 16.3 Å². The van der Waals surface area contributed by atoms with Crippen molar-refractivity contribution in [2.45, 2.75) is 13.3 Å². The highest BCUT2D eigenvalue weighted by Crippen LogP contribution is 2.33. The molecule has 0 amide bonds. The van der Waals surface area contributed by atoms with Crippen LogP contribution >= 0.6 is 11.6 Å². The number of morpholine rings is 1. The van der Waals surface area contributed by atoms with E-state index in [2.05, 4.69) is 5.10 Å². The minimum absolute atomic E-state index is 0.00425. The second-order valence-electron chi connectivity index (χ2n) is 7.45. The first kappa shape index (κ1) is 21.8. The molecule has 0 saturated carbocycles. The fraction of sp³-hybridized carbons (Fsp3) is 0.333. The van der Waals surface area contributed by atoms with E-state index in [1.54, 1.807) is 43.5 Å². The molecule has 2 aliphatic rings. The normalized spacial score (nSPS) is 19.9. The summed E-state index contributed by atoms with van der Waals surface area (Å²) >= 11 is 6.04. The van der Waals surface area contributed by atoms with Crippen LogP contribution in [0.2, 0.25) is 5.02 Å². The van der Waals surface area contributed by atoms with E-state index in [9.17, 15) is 18.3 Å². The van der Waals surface area contributed by atoms with Crippen molar-refractivity contribution in [2.24, 2.45) is 5.92 Å². The number of carbonyl (C=O) groups is 1. The van der Waals surface area contributed by atoms with E-state index < -0.39 is 15.9 Å². The quantitative estimate of drug-likeness (QED) is 0.747. The number of sulfonamides is 1. The molecule has 10 heteroatoms. The molecule has 1 fully saturated rings. The summed E-state index contributed by atoms with van der Waals surface area (Å²) in [4.78, 5) is 13.3. The topological polar surface area (TPSA) is 102 Å². The first-order valence-corrected chi connectivity index (χ1v) is 11.6. The van der Waals surface area contributed by atoms with Crippen molar-refractivity contribution >= 4 is 27.5 Å². The molecular formula is C21H22ClN3O5S. The van der Waals surface area contributed by atoms with Crippen LogP contribution in [0.15, 0.2) is 47.5 Å². The van der Waals surface area contributed by atoms with Gasteiger partial charge in [0.25, 0.3) is 5.91 Å². The fourth-order valence-electron chi connectivity index (χ4n) is 3.67. The summed E-state index contributed by atoms with van der Waals surface area (Å²) in [6, 6.07) is 4.61. The zero-order valence-electron chi connectivity index (χ0n) is 16.9. The number of rotatable bonds is 4. The molecule has 2 heterocycles. The van der Waals surface area contributed by atoms with E-state index in [1.807, 2.05) is 0 Å². The summed E-state index contributed by atoms with van der Waals surface area (Å²) in [5, 5.41) is 15.0. The summed E-state index contributed by atoms with van der Waals surface area (Å²) in [5.74, 6) is -1.02. The third-order valence-corrected chi connectivity index (χ3v) is 7.59. The van der Waals surface area contributed by atoms with Crippen molar-refractivity contribution < 1.29 is 23.1 Å². The molecular weight excluding hydrogens is 442 g/mol. The Hall–Kier alpha value is -2.46. The lowest BCUT2D eigenvalue weighted by molar-refractivity contribution is 0.0732. The monoisotopic (exact) mass is 463 g/mol. The maximum Gasteiger partial charge on any atom is 0.254 e. The molecule has 0 spiro atoms. The molecule has 1 aliphatic heterocycles. The number of carbonyl (C=O) groups excluding carboxylic acids is 1. The summed E-state index contributed by atoms with van der Waals surface area (Å²) < 4.78 is 33.7. The van der Waals surface area contributed by atoms with Gasteiger partial charge in [0.15, 0.2) is 0 Å². The smallest absolute Gasteiger partial charge is 0.254 e. The van der Waals surface area contributed by atoms with E-state index in [1.165, 1.54) is 15.1 Å². The maximum atomic E-state index is 13.1. The number of hydrogen-bond donors (Lipinski definition) is 1. The van der Waals surface area contributed by atoms with E-state index >= 15 is 0 Å². The van der Waals surface area contributed by atoms with Crippen LogP contribution in [0, 0.1) is 12.8 Å². The lowest BCUT2D eigenvalue weighted by atomic mass is 10.00. The second kappa shape index (κ2) is 8.58. The Morgan fingerprint density at radius 2 is 2.03 bits per heavy atom. The van der Waals surface area contributed by atoms with Crippen LogP contribution in [0.5, 0.6) is 5.75 Å². The van der Waals surface area contributed by atoms with Gasteiger partial charge in [-0.1, -0.05) is 23.8 Å². The molecule has 1 saturated heterocycles. The van der Waals surface area contributed by atoms with E-state index in [-0.39, 0.29) is 23.0 Å². The molecule has 31 heavy (non-hydrogen) atoms. The number of halogens is 1. The second-order valence-corrected chi connectivity index (χ2v) is 9.88. The van der Waals surface area contributed by atoms with Gasteiger partial charge >= 0.3 is 0 Å².